The van der Waals surface area contributed by atoms with Gasteiger partial charge in [-0.05, 0) is 17.5 Å². The summed E-state index contributed by atoms with van der Waals surface area (Å²) >= 11 is 3.28. The third-order valence-corrected chi connectivity index (χ3v) is 4.88. The number of carbonyl (C=O) groups is 1. The third kappa shape index (κ3) is 3.45. The number of benzene rings is 1. The third-order valence-electron chi connectivity index (χ3n) is 3.02. The molecule has 0 saturated carbocycles. The Morgan fingerprint density at radius 3 is 2.86 bits per heavy atom. The molecule has 1 aromatic carbocycles. The number of hydrogen-bond donors (Lipinski definition) is 1. The molecule has 4 nitrogen and oxygen atoms in total. The van der Waals surface area contributed by atoms with E-state index in [1.807, 2.05) is 41.8 Å². The quantitative estimate of drug-likeness (QED) is 0.441. The summed E-state index contributed by atoms with van der Waals surface area (Å²) in [6.45, 7) is 2.16. The van der Waals surface area contributed by atoms with Crippen LogP contribution in [0, 0.1) is 0 Å². The van der Waals surface area contributed by atoms with Crippen LogP contribution in [0.15, 0.2) is 46.8 Å². The van der Waals surface area contributed by atoms with E-state index < -0.39 is 0 Å². The summed E-state index contributed by atoms with van der Waals surface area (Å²) < 4.78 is 0. The Hall–Kier alpha value is -1.92. The maximum atomic E-state index is 10.9. The van der Waals surface area contributed by atoms with Crippen molar-refractivity contribution < 1.29 is 4.79 Å². The number of aromatic nitrogens is 2. The second kappa shape index (κ2) is 6.89. The fourth-order valence-electron chi connectivity index (χ4n) is 2.05. The number of nitrogens with zero attached hydrogens (tertiary/aromatic N) is 2. The van der Waals surface area contributed by atoms with E-state index in [2.05, 4.69) is 10.3 Å². The molecule has 0 aliphatic heterocycles. The van der Waals surface area contributed by atoms with Crippen LogP contribution in [-0.4, -0.2) is 28.2 Å². The SMILES string of the molecule is CC(=O)NCCSc1nc(-c2cccs2)nc2ccccc12. The lowest BCUT2D eigenvalue weighted by Crippen LogP contribution is -2.22. The first kappa shape index (κ1) is 15.0. The number of thiophene rings is 1. The summed E-state index contributed by atoms with van der Waals surface area (Å²) in [7, 11) is 0. The fourth-order valence-corrected chi connectivity index (χ4v) is 3.58. The second-order valence-corrected chi connectivity index (χ2v) is 6.71. The topological polar surface area (TPSA) is 54.9 Å². The van der Waals surface area contributed by atoms with Crippen molar-refractivity contribution in [1.29, 1.82) is 0 Å². The van der Waals surface area contributed by atoms with Gasteiger partial charge in [0.2, 0.25) is 5.91 Å². The number of rotatable bonds is 5. The minimum atomic E-state index is -0.00702. The predicted molar refractivity (Wildman–Crippen MR) is 92.3 cm³/mol. The van der Waals surface area contributed by atoms with Crippen molar-refractivity contribution in [2.75, 3.05) is 12.3 Å². The van der Waals surface area contributed by atoms with Crippen LogP contribution in [-0.2, 0) is 4.79 Å². The Kier molecular flexibility index (Phi) is 4.70. The van der Waals surface area contributed by atoms with Gasteiger partial charge in [0, 0.05) is 24.6 Å². The molecule has 2 heterocycles. The highest BCUT2D eigenvalue weighted by molar-refractivity contribution is 7.99. The molecule has 6 heteroatoms. The number of amides is 1. The zero-order valence-electron chi connectivity index (χ0n) is 12.1. The van der Waals surface area contributed by atoms with E-state index >= 15 is 0 Å². The molecule has 0 spiro atoms. The van der Waals surface area contributed by atoms with Gasteiger partial charge < -0.3 is 5.32 Å². The zero-order chi connectivity index (χ0) is 15.4. The molecule has 0 radical (unpaired) electrons. The molecule has 3 aromatic rings. The Morgan fingerprint density at radius 2 is 2.09 bits per heavy atom. The summed E-state index contributed by atoms with van der Waals surface area (Å²) in [6, 6.07) is 12.1. The summed E-state index contributed by atoms with van der Waals surface area (Å²) in [4.78, 5) is 21.4. The van der Waals surface area contributed by atoms with Crippen molar-refractivity contribution in [2.45, 2.75) is 11.9 Å². The molecule has 1 N–H and O–H groups in total. The van der Waals surface area contributed by atoms with E-state index in [0.717, 1.165) is 32.4 Å². The molecule has 0 unspecified atom stereocenters. The van der Waals surface area contributed by atoms with Gasteiger partial charge in [0.05, 0.1) is 10.4 Å². The van der Waals surface area contributed by atoms with Crippen LogP contribution >= 0.6 is 23.1 Å². The van der Waals surface area contributed by atoms with Crippen molar-refractivity contribution in [3.05, 3.63) is 41.8 Å². The average molecular weight is 329 g/mol. The standard InChI is InChI=1S/C16H15N3OS2/c1-11(20)17-8-10-22-16-12-5-2-3-6-13(12)18-15(19-16)14-7-4-9-21-14/h2-7,9H,8,10H2,1H3,(H,17,20). The highest BCUT2D eigenvalue weighted by atomic mass is 32.2. The van der Waals surface area contributed by atoms with Gasteiger partial charge in [-0.3, -0.25) is 4.79 Å². The number of thioether (sulfide) groups is 1. The minimum Gasteiger partial charge on any atom is -0.356 e. The molecule has 0 atom stereocenters. The van der Waals surface area contributed by atoms with Crippen LogP contribution in [0.3, 0.4) is 0 Å². The maximum Gasteiger partial charge on any atom is 0.216 e. The molecule has 3 rings (SSSR count). The number of para-hydroxylation sites is 1. The van der Waals surface area contributed by atoms with Crippen LogP contribution in [0.2, 0.25) is 0 Å². The van der Waals surface area contributed by atoms with Gasteiger partial charge in [-0.25, -0.2) is 9.97 Å². The number of nitrogens with one attached hydrogen (secondary N) is 1. The van der Waals surface area contributed by atoms with Gasteiger partial charge >= 0.3 is 0 Å². The molecule has 0 saturated heterocycles. The van der Waals surface area contributed by atoms with Crippen LogP contribution in [0.25, 0.3) is 21.6 Å². The molecule has 0 fully saturated rings. The molecule has 0 aliphatic rings. The van der Waals surface area contributed by atoms with E-state index in [4.69, 9.17) is 4.98 Å². The monoisotopic (exact) mass is 329 g/mol. The highest BCUT2D eigenvalue weighted by Crippen LogP contribution is 2.29. The van der Waals surface area contributed by atoms with Crippen molar-refractivity contribution >= 4 is 39.9 Å². The van der Waals surface area contributed by atoms with Gasteiger partial charge in [-0.1, -0.05) is 24.3 Å². The Labute approximate surface area is 137 Å². The Bertz CT molecular complexity index is 787. The molecule has 2 aromatic heterocycles. The molecule has 22 heavy (non-hydrogen) atoms. The summed E-state index contributed by atoms with van der Waals surface area (Å²) in [6.07, 6.45) is 0. The molecular formula is C16H15N3OS2. The summed E-state index contributed by atoms with van der Waals surface area (Å²) in [5.41, 5.74) is 0.947. The first-order valence-electron chi connectivity index (χ1n) is 6.92. The van der Waals surface area contributed by atoms with E-state index in [1.165, 1.54) is 6.92 Å². The van der Waals surface area contributed by atoms with Crippen molar-refractivity contribution in [2.24, 2.45) is 0 Å². The van der Waals surface area contributed by atoms with Gasteiger partial charge in [0.15, 0.2) is 5.82 Å². The molecule has 112 valence electrons. The van der Waals surface area contributed by atoms with Crippen LogP contribution in [0.4, 0.5) is 0 Å². The fraction of sp³-hybridized carbons (Fsp3) is 0.188. The first-order valence-corrected chi connectivity index (χ1v) is 8.78. The Balaban J connectivity index is 1.91. The van der Waals surface area contributed by atoms with E-state index in [1.54, 1.807) is 23.1 Å². The van der Waals surface area contributed by atoms with Gasteiger partial charge in [0.25, 0.3) is 0 Å². The molecular weight excluding hydrogens is 314 g/mol. The highest BCUT2D eigenvalue weighted by Gasteiger charge is 2.10. The number of hydrogen-bond acceptors (Lipinski definition) is 5. The molecule has 1 amide bonds. The normalized spacial score (nSPS) is 10.8. The van der Waals surface area contributed by atoms with Gasteiger partial charge in [0.1, 0.15) is 5.03 Å². The van der Waals surface area contributed by atoms with Crippen LogP contribution in [0.5, 0.6) is 0 Å². The maximum absolute atomic E-state index is 10.9. The smallest absolute Gasteiger partial charge is 0.216 e. The van der Waals surface area contributed by atoms with Crippen LogP contribution in [0.1, 0.15) is 6.92 Å². The number of carbonyl (C=O) groups excluding carboxylic acids is 1. The van der Waals surface area contributed by atoms with Crippen LogP contribution < -0.4 is 5.32 Å². The van der Waals surface area contributed by atoms with Crippen molar-refractivity contribution in [1.82, 2.24) is 15.3 Å². The lowest BCUT2D eigenvalue weighted by Gasteiger charge is -2.08. The second-order valence-electron chi connectivity index (χ2n) is 4.68. The lowest BCUT2D eigenvalue weighted by atomic mass is 10.2. The summed E-state index contributed by atoms with van der Waals surface area (Å²) in [5.74, 6) is 1.54. The average Bonchev–Trinajstić information content (AvgIpc) is 3.05. The molecule has 0 bridgehead atoms. The minimum absolute atomic E-state index is 0.00702. The lowest BCUT2D eigenvalue weighted by molar-refractivity contribution is -0.118. The summed E-state index contributed by atoms with van der Waals surface area (Å²) in [5, 5.41) is 6.84. The van der Waals surface area contributed by atoms with Crippen molar-refractivity contribution in [3.8, 4) is 10.7 Å². The largest absolute Gasteiger partial charge is 0.356 e. The van der Waals surface area contributed by atoms with Gasteiger partial charge in [-0.15, -0.1) is 23.1 Å². The Morgan fingerprint density at radius 1 is 1.23 bits per heavy atom. The van der Waals surface area contributed by atoms with Crippen molar-refractivity contribution in [3.63, 3.8) is 0 Å². The first-order chi connectivity index (χ1) is 10.7. The predicted octanol–water partition coefficient (Wildman–Crippen LogP) is 3.59. The number of fused-ring (bicyclic) bond motifs is 1. The van der Waals surface area contributed by atoms with E-state index in [0.29, 0.717) is 6.54 Å². The van der Waals surface area contributed by atoms with Gasteiger partial charge in [-0.2, -0.15) is 0 Å². The zero-order valence-corrected chi connectivity index (χ0v) is 13.7. The molecule has 0 aliphatic carbocycles. The van der Waals surface area contributed by atoms with E-state index in [-0.39, 0.29) is 5.91 Å². The van der Waals surface area contributed by atoms with E-state index in [9.17, 15) is 4.79 Å².